The maximum Gasteiger partial charge on any atom is 0.251 e. The number of nitrogens with one attached hydrogen (secondary N) is 3. The molecular formula is C24H38N6O6. The fourth-order valence-electron chi connectivity index (χ4n) is 2.65. The summed E-state index contributed by atoms with van der Waals surface area (Å²) in [4.78, 5) is 38.7. The molecule has 0 saturated carbocycles. The first-order valence-corrected chi connectivity index (χ1v) is 11.7. The van der Waals surface area contributed by atoms with Crippen molar-refractivity contribution in [2.75, 3.05) is 39.5 Å². The summed E-state index contributed by atoms with van der Waals surface area (Å²) in [7, 11) is 0. The summed E-state index contributed by atoms with van der Waals surface area (Å²) in [5, 5.41) is 11.8. The van der Waals surface area contributed by atoms with Crippen molar-refractivity contribution in [2.45, 2.75) is 53.3 Å². The number of azide groups is 1. The van der Waals surface area contributed by atoms with Crippen molar-refractivity contribution >= 4 is 17.7 Å². The van der Waals surface area contributed by atoms with E-state index in [1.54, 1.807) is 24.3 Å². The standard InChI is InChI=1S/C24H38N6O6/c1-23(2,3)22(33)27-11-10-26-21(32)17-8-7-9-18(14-17)36-16-20(29-30-25)35-13-12-34-15-19(31)28-24(4,5)6/h7-9,14,20H,10-13,15-16H2,1-6H3,(H,26,32)(H,27,33)(H,28,31). The van der Waals surface area contributed by atoms with Gasteiger partial charge in [0.1, 0.15) is 19.0 Å². The zero-order valence-electron chi connectivity index (χ0n) is 21.9. The van der Waals surface area contributed by atoms with Crippen molar-refractivity contribution < 1.29 is 28.6 Å². The average molecular weight is 507 g/mol. The van der Waals surface area contributed by atoms with Crippen molar-refractivity contribution in [2.24, 2.45) is 10.5 Å². The Hall–Kier alpha value is -3.34. The van der Waals surface area contributed by atoms with E-state index in [9.17, 15) is 14.4 Å². The number of hydrogen-bond acceptors (Lipinski definition) is 7. The van der Waals surface area contributed by atoms with E-state index in [0.29, 0.717) is 17.9 Å². The lowest BCUT2D eigenvalue weighted by atomic mass is 9.96. The van der Waals surface area contributed by atoms with Gasteiger partial charge >= 0.3 is 0 Å². The van der Waals surface area contributed by atoms with Crippen LogP contribution in [0.5, 0.6) is 5.75 Å². The first-order chi connectivity index (χ1) is 16.8. The normalized spacial score (nSPS) is 12.2. The fraction of sp³-hybridized carbons (Fsp3) is 0.625. The van der Waals surface area contributed by atoms with Crippen molar-refractivity contribution in [1.82, 2.24) is 16.0 Å². The molecule has 0 bridgehead atoms. The van der Waals surface area contributed by atoms with Crippen molar-refractivity contribution in [3.05, 3.63) is 40.3 Å². The first kappa shape index (κ1) is 30.7. The van der Waals surface area contributed by atoms with Gasteiger partial charge in [-0.25, -0.2) is 0 Å². The van der Waals surface area contributed by atoms with Gasteiger partial charge in [0.05, 0.1) is 13.2 Å². The van der Waals surface area contributed by atoms with Gasteiger partial charge in [0.15, 0.2) is 6.23 Å². The Labute approximate surface area is 212 Å². The number of hydrogen-bond donors (Lipinski definition) is 3. The molecule has 0 fully saturated rings. The van der Waals surface area contributed by atoms with Crippen LogP contribution in [0.4, 0.5) is 0 Å². The van der Waals surface area contributed by atoms with Crippen LogP contribution in [0, 0.1) is 5.41 Å². The predicted molar refractivity (Wildman–Crippen MR) is 134 cm³/mol. The number of amides is 3. The van der Waals surface area contributed by atoms with Gasteiger partial charge in [-0.3, -0.25) is 14.4 Å². The van der Waals surface area contributed by atoms with E-state index in [1.807, 2.05) is 41.5 Å². The molecule has 200 valence electrons. The van der Waals surface area contributed by atoms with E-state index in [-0.39, 0.29) is 56.2 Å². The van der Waals surface area contributed by atoms with E-state index in [0.717, 1.165) is 0 Å². The molecule has 3 N–H and O–H groups in total. The van der Waals surface area contributed by atoms with Gasteiger partial charge in [0.2, 0.25) is 11.8 Å². The molecule has 1 unspecified atom stereocenters. The Morgan fingerprint density at radius 2 is 1.75 bits per heavy atom. The third kappa shape index (κ3) is 13.5. The molecule has 12 heteroatoms. The van der Waals surface area contributed by atoms with Gasteiger partial charge < -0.3 is 30.2 Å². The van der Waals surface area contributed by atoms with Crippen LogP contribution < -0.4 is 20.7 Å². The Balaban J connectivity index is 2.44. The zero-order chi connectivity index (χ0) is 27.2. The summed E-state index contributed by atoms with van der Waals surface area (Å²) < 4.78 is 16.3. The van der Waals surface area contributed by atoms with Crippen LogP contribution in [0.25, 0.3) is 10.4 Å². The molecule has 0 heterocycles. The molecule has 1 aromatic carbocycles. The lowest BCUT2D eigenvalue weighted by Gasteiger charge is -2.20. The minimum atomic E-state index is -0.925. The molecular weight excluding hydrogens is 468 g/mol. The maximum absolute atomic E-state index is 12.4. The Morgan fingerprint density at radius 3 is 2.39 bits per heavy atom. The van der Waals surface area contributed by atoms with Crippen LogP contribution >= 0.6 is 0 Å². The number of carbonyl (C=O) groups is 3. The summed E-state index contributed by atoms with van der Waals surface area (Å²) in [6, 6.07) is 6.49. The lowest BCUT2D eigenvalue weighted by molar-refractivity contribution is -0.129. The molecule has 12 nitrogen and oxygen atoms in total. The second-order valence-corrected chi connectivity index (χ2v) is 9.98. The molecule has 1 rings (SSSR count). The largest absolute Gasteiger partial charge is 0.491 e. The van der Waals surface area contributed by atoms with E-state index < -0.39 is 11.6 Å². The average Bonchev–Trinajstić information content (AvgIpc) is 2.78. The number of carbonyl (C=O) groups excluding carboxylic acids is 3. The monoisotopic (exact) mass is 506 g/mol. The van der Waals surface area contributed by atoms with Crippen LogP contribution in [-0.4, -0.2) is 69.0 Å². The molecule has 0 aliphatic rings. The van der Waals surface area contributed by atoms with Gasteiger partial charge in [-0.05, 0) is 44.5 Å². The number of nitrogens with zero attached hydrogens (tertiary/aromatic N) is 3. The highest BCUT2D eigenvalue weighted by Crippen LogP contribution is 2.15. The highest BCUT2D eigenvalue weighted by molar-refractivity contribution is 5.94. The van der Waals surface area contributed by atoms with Gasteiger partial charge in [-0.2, -0.15) is 0 Å². The van der Waals surface area contributed by atoms with Gasteiger partial charge in [0.25, 0.3) is 5.91 Å². The summed E-state index contributed by atoms with van der Waals surface area (Å²) in [5.41, 5.74) is 8.31. The lowest BCUT2D eigenvalue weighted by Crippen LogP contribution is -2.42. The van der Waals surface area contributed by atoms with E-state index in [1.165, 1.54) is 0 Å². The van der Waals surface area contributed by atoms with Gasteiger partial charge in [-0.15, -0.1) is 0 Å². The second kappa shape index (κ2) is 14.9. The van der Waals surface area contributed by atoms with E-state index in [4.69, 9.17) is 19.7 Å². The van der Waals surface area contributed by atoms with E-state index >= 15 is 0 Å². The minimum Gasteiger partial charge on any atom is -0.491 e. The number of ether oxygens (including phenoxy) is 3. The quantitative estimate of drug-likeness (QED) is 0.152. The Bertz CT molecular complexity index is 918. The predicted octanol–water partition coefficient (Wildman–Crippen LogP) is 2.54. The minimum absolute atomic E-state index is 0.0848. The van der Waals surface area contributed by atoms with Gasteiger partial charge in [-0.1, -0.05) is 32.0 Å². The summed E-state index contributed by atoms with van der Waals surface area (Å²) in [6.07, 6.45) is -0.925. The van der Waals surface area contributed by atoms with Crippen LogP contribution in [0.3, 0.4) is 0 Å². The fourth-order valence-corrected chi connectivity index (χ4v) is 2.65. The molecule has 3 amide bonds. The van der Waals surface area contributed by atoms with Crippen molar-refractivity contribution in [3.63, 3.8) is 0 Å². The highest BCUT2D eigenvalue weighted by atomic mass is 16.6. The Kier molecular flexibility index (Phi) is 12.7. The molecule has 1 atom stereocenters. The third-order valence-electron chi connectivity index (χ3n) is 4.33. The zero-order valence-corrected chi connectivity index (χ0v) is 21.9. The molecule has 0 aliphatic carbocycles. The van der Waals surface area contributed by atoms with E-state index in [2.05, 4.69) is 26.0 Å². The molecule has 0 aromatic heterocycles. The summed E-state index contributed by atoms with van der Waals surface area (Å²) in [5.74, 6) is -0.265. The van der Waals surface area contributed by atoms with Crippen LogP contribution in [0.1, 0.15) is 51.9 Å². The van der Waals surface area contributed by atoms with Crippen LogP contribution in [0.2, 0.25) is 0 Å². The maximum atomic E-state index is 12.4. The third-order valence-corrected chi connectivity index (χ3v) is 4.33. The first-order valence-electron chi connectivity index (χ1n) is 11.7. The Morgan fingerprint density at radius 1 is 1.06 bits per heavy atom. The number of benzene rings is 1. The van der Waals surface area contributed by atoms with Gasteiger partial charge in [0, 0.05) is 34.5 Å². The molecule has 0 spiro atoms. The van der Waals surface area contributed by atoms with Crippen molar-refractivity contribution in [1.29, 1.82) is 0 Å². The highest BCUT2D eigenvalue weighted by Gasteiger charge is 2.20. The van der Waals surface area contributed by atoms with Crippen LogP contribution in [-0.2, 0) is 19.1 Å². The van der Waals surface area contributed by atoms with Crippen molar-refractivity contribution in [3.8, 4) is 5.75 Å². The topological polar surface area (TPSA) is 164 Å². The molecule has 0 saturated heterocycles. The molecule has 36 heavy (non-hydrogen) atoms. The molecule has 0 aliphatic heterocycles. The summed E-state index contributed by atoms with van der Waals surface area (Å²) >= 11 is 0. The van der Waals surface area contributed by atoms with Crippen LogP contribution in [0.15, 0.2) is 29.4 Å². The molecule has 1 aromatic rings. The SMILES string of the molecule is CC(C)(C)NC(=O)COCCOC(COc1cccc(C(=O)NCCNC(=O)C(C)(C)C)c1)N=[N+]=[N-]. The smallest absolute Gasteiger partial charge is 0.251 e. The summed E-state index contributed by atoms with van der Waals surface area (Å²) in [6.45, 7) is 11.7. The number of rotatable bonds is 14. The second-order valence-electron chi connectivity index (χ2n) is 9.98. The molecule has 0 radical (unpaired) electrons.